The largest absolute Gasteiger partial charge is 0.497 e. The third-order valence-corrected chi connectivity index (χ3v) is 5.62. The van der Waals surface area contributed by atoms with Crippen LogP contribution in [-0.2, 0) is 17.5 Å². The van der Waals surface area contributed by atoms with E-state index in [1.165, 1.54) is 19.1 Å². The molecule has 4 nitrogen and oxygen atoms in total. The van der Waals surface area contributed by atoms with Crippen LogP contribution in [0.5, 0.6) is 11.5 Å². The van der Waals surface area contributed by atoms with E-state index in [9.17, 15) is 22.4 Å². The maximum atomic E-state index is 13.7. The summed E-state index contributed by atoms with van der Waals surface area (Å²) in [7, 11) is 2.94. The van der Waals surface area contributed by atoms with Crippen molar-refractivity contribution in [3.05, 3.63) is 58.9 Å². The van der Waals surface area contributed by atoms with Gasteiger partial charge in [-0.05, 0) is 42.0 Å². The highest BCUT2D eigenvalue weighted by Crippen LogP contribution is 2.45. The minimum absolute atomic E-state index is 0.00465. The summed E-state index contributed by atoms with van der Waals surface area (Å²) in [5.74, 6) is -0.128. The Morgan fingerprint density at radius 2 is 1.89 bits per heavy atom. The molecule has 2 aromatic rings. The molecule has 3 rings (SSSR count). The molecule has 0 radical (unpaired) electrons. The Morgan fingerprint density at radius 1 is 1.14 bits per heavy atom. The Bertz CT molecular complexity index is 888. The van der Waals surface area contributed by atoms with E-state index in [2.05, 4.69) is 0 Å². The van der Waals surface area contributed by atoms with E-state index >= 15 is 0 Å². The highest BCUT2D eigenvalue weighted by molar-refractivity contribution is 8.00. The van der Waals surface area contributed by atoms with Crippen molar-refractivity contribution in [2.45, 2.75) is 18.1 Å². The predicted molar refractivity (Wildman–Crippen MR) is 96.7 cm³/mol. The third-order valence-electron chi connectivity index (χ3n) is 4.38. The summed E-state index contributed by atoms with van der Waals surface area (Å²) in [5, 5.41) is -0.962. The van der Waals surface area contributed by atoms with Crippen LogP contribution >= 0.6 is 11.8 Å². The zero-order valence-electron chi connectivity index (χ0n) is 15.0. The van der Waals surface area contributed by atoms with Crippen molar-refractivity contribution < 1.29 is 31.8 Å². The fourth-order valence-electron chi connectivity index (χ4n) is 3.07. The lowest BCUT2D eigenvalue weighted by molar-refractivity contribution is -0.139. The van der Waals surface area contributed by atoms with Crippen molar-refractivity contribution in [2.75, 3.05) is 20.0 Å². The zero-order chi connectivity index (χ0) is 20.5. The van der Waals surface area contributed by atoms with Crippen LogP contribution in [0.1, 0.15) is 22.1 Å². The highest BCUT2D eigenvalue weighted by Gasteiger charge is 2.41. The Hall–Kier alpha value is -2.42. The lowest BCUT2D eigenvalue weighted by Crippen LogP contribution is -2.29. The third kappa shape index (κ3) is 4.04. The van der Waals surface area contributed by atoms with Gasteiger partial charge in [0.25, 0.3) is 0 Å². The molecule has 1 unspecified atom stereocenters. The standard InChI is InChI=1S/C19H17F4NO3S/c1-26-13-4-6-16(27-2)11(7-13)9-24-17(25)10-28-18(24)14-8-12(20)3-5-15(14)19(21,22)23/h3-8,18H,9-10H2,1-2H3. The number of rotatable bonds is 5. The Kier molecular flexibility index (Phi) is 5.74. The van der Waals surface area contributed by atoms with Crippen LogP contribution in [0.25, 0.3) is 0 Å². The van der Waals surface area contributed by atoms with Crippen LogP contribution in [0.4, 0.5) is 17.6 Å². The molecule has 1 aliphatic heterocycles. The number of amides is 1. The summed E-state index contributed by atoms with van der Waals surface area (Å²) in [6.45, 7) is 0.00465. The Morgan fingerprint density at radius 3 is 2.54 bits per heavy atom. The van der Waals surface area contributed by atoms with Gasteiger partial charge in [-0.25, -0.2) is 4.39 Å². The van der Waals surface area contributed by atoms with Crippen molar-refractivity contribution in [1.29, 1.82) is 0 Å². The molecule has 1 aliphatic rings. The number of carbonyl (C=O) groups is 1. The molecular weight excluding hydrogens is 398 g/mol. The molecular formula is C19H17F4NO3S. The van der Waals surface area contributed by atoms with Gasteiger partial charge in [0.15, 0.2) is 0 Å². The molecule has 9 heteroatoms. The lowest BCUT2D eigenvalue weighted by atomic mass is 10.1. The first-order valence-corrected chi connectivity index (χ1v) is 9.28. The van der Waals surface area contributed by atoms with Crippen molar-refractivity contribution in [2.24, 2.45) is 0 Å². The molecule has 1 atom stereocenters. The number of thioether (sulfide) groups is 1. The summed E-state index contributed by atoms with van der Waals surface area (Å²) in [5.41, 5.74) is -0.651. The van der Waals surface area contributed by atoms with E-state index in [4.69, 9.17) is 9.47 Å². The first-order chi connectivity index (χ1) is 13.2. The maximum absolute atomic E-state index is 13.7. The van der Waals surface area contributed by atoms with Gasteiger partial charge >= 0.3 is 6.18 Å². The molecule has 0 aliphatic carbocycles. The van der Waals surface area contributed by atoms with Gasteiger partial charge in [-0.3, -0.25) is 4.79 Å². The van der Waals surface area contributed by atoms with Gasteiger partial charge in [-0.1, -0.05) is 0 Å². The smallest absolute Gasteiger partial charge is 0.416 e. The molecule has 1 saturated heterocycles. The van der Waals surface area contributed by atoms with Crippen LogP contribution in [0.3, 0.4) is 0 Å². The average Bonchev–Trinajstić information content (AvgIpc) is 3.01. The van der Waals surface area contributed by atoms with Crippen LogP contribution in [0, 0.1) is 5.82 Å². The normalized spacial score (nSPS) is 17.1. The first kappa shape index (κ1) is 20.3. The van der Waals surface area contributed by atoms with Crippen LogP contribution < -0.4 is 9.47 Å². The summed E-state index contributed by atoms with van der Waals surface area (Å²) >= 11 is 1.03. The summed E-state index contributed by atoms with van der Waals surface area (Å²) in [6.07, 6.45) is -4.66. The number of carbonyl (C=O) groups excluding carboxylic acids is 1. The minimum Gasteiger partial charge on any atom is -0.497 e. The second-order valence-electron chi connectivity index (χ2n) is 6.09. The molecule has 0 aromatic heterocycles. The molecule has 2 aromatic carbocycles. The fourth-order valence-corrected chi connectivity index (χ4v) is 4.28. The number of hydrogen-bond donors (Lipinski definition) is 0. The van der Waals surface area contributed by atoms with E-state index in [-0.39, 0.29) is 23.8 Å². The number of ether oxygens (including phenoxy) is 2. The van der Waals surface area contributed by atoms with E-state index < -0.39 is 22.9 Å². The van der Waals surface area contributed by atoms with Gasteiger partial charge in [0.05, 0.1) is 32.1 Å². The van der Waals surface area contributed by atoms with Gasteiger partial charge < -0.3 is 14.4 Å². The molecule has 0 spiro atoms. The van der Waals surface area contributed by atoms with E-state index in [0.29, 0.717) is 23.1 Å². The lowest BCUT2D eigenvalue weighted by Gasteiger charge is -2.27. The molecule has 28 heavy (non-hydrogen) atoms. The topological polar surface area (TPSA) is 38.8 Å². The molecule has 0 saturated carbocycles. The van der Waals surface area contributed by atoms with Gasteiger partial charge in [0.1, 0.15) is 22.7 Å². The number of methoxy groups -OCH3 is 2. The highest BCUT2D eigenvalue weighted by atomic mass is 32.2. The fraction of sp³-hybridized carbons (Fsp3) is 0.316. The van der Waals surface area contributed by atoms with E-state index in [0.717, 1.165) is 23.9 Å². The van der Waals surface area contributed by atoms with E-state index in [1.807, 2.05) is 0 Å². The zero-order valence-corrected chi connectivity index (χ0v) is 15.9. The van der Waals surface area contributed by atoms with Crippen molar-refractivity contribution in [1.82, 2.24) is 4.90 Å². The first-order valence-electron chi connectivity index (χ1n) is 8.23. The molecule has 0 N–H and O–H groups in total. The second kappa shape index (κ2) is 7.90. The van der Waals surface area contributed by atoms with Crippen LogP contribution in [0.2, 0.25) is 0 Å². The summed E-state index contributed by atoms with van der Waals surface area (Å²) in [6, 6.07) is 7.30. The molecule has 1 fully saturated rings. The van der Waals surface area contributed by atoms with E-state index in [1.54, 1.807) is 18.2 Å². The number of nitrogens with zero attached hydrogens (tertiary/aromatic N) is 1. The van der Waals surface area contributed by atoms with Gasteiger partial charge in [0, 0.05) is 5.56 Å². The van der Waals surface area contributed by atoms with Gasteiger partial charge in [-0.2, -0.15) is 13.2 Å². The second-order valence-corrected chi connectivity index (χ2v) is 7.16. The monoisotopic (exact) mass is 415 g/mol. The molecule has 1 amide bonds. The SMILES string of the molecule is COc1ccc(OC)c(CN2C(=O)CSC2c2cc(F)ccc2C(F)(F)F)c1. The predicted octanol–water partition coefficient (Wildman–Crippen LogP) is 4.64. The number of benzene rings is 2. The quantitative estimate of drug-likeness (QED) is 0.668. The minimum atomic E-state index is -4.66. The Labute approximate surface area is 163 Å². The molecule has 150 valence electrons. The number of halogens is 4. The maximum Gasteiger partial charge on any atom is 0.416 e. The average molecular weight is 415 g/mol. The van der Waals surface area contributed by atoms with Gasteiger partial charge in [-0.15, -0.1) is 11.8 Å². The molecule has 1 heterocycles. The Balaban J connectivity index is 2.01. The van der Waals surface area contributed by atoms with Crippen molar-refractivity contribution in [3.8, 4) is 11.5 Å². The van der Waals surface area contributed by atoms with Crippen molar-refractivity contribution in [3.63, 3.8) is 0 Å². The molecule has 0 bridgehead atoms. The van der Waals surface area contributed by atoms with Crippen LogP contribution in [-0.4, -0.2) is 30.8 Å². The number of hydrogen-bond acceptors (Lipinski definition) is 4. The summed E-state index contributed by atoms with van der Waals surface area (Å²) < 4.78 is 64.5. The van der Waals surface area contributed by atoms with Gasteiger partial charge in [0.2, 0.25) is 5.91 Å². The van der Waals surface area contributed by atoms with Crippen molar-refractivity contribution >= 4 is 17.7 Å². The number of alkyl halides is 3. The van der Waals surface area contributed by atoms with Crippen LogP contribution in [0.15, 0.2) is 36.4 Å². The summed E-state index contributed by atoms with van der Waals surface area (Å²) in [4.78, 5) is 13.7.